The quantitative estimate of drug-likeness (QED) is 0.438. The molecular weight excluding hydrogens is 180 g/mol. The molecule has 0 aliphatic rings. The van der Waals surface area contributed by atoms with Crippen molar-refractivity contribution < 1.29 is 0 Å². The zero-order valence-corrected chi connectivity index (χ0v) is 10.9. The maximum absolute atomic E-state index is 4.15. The zero-order chi connectivity index (χ0) is 11.7. The lowest BCUT2D eigenvalue weighted by Gasteiger charge is -2.14. The molecule has 0 saturated carbocycles. The highest BCUT2D eigenvalue weighted by Crippen LogP contribution is 2.21. The Hall–Kier alpha value is -0.520. The summed E-state index contributed by atoms with van der Waals surface area (Å²) >= 11 is 0. The van der Waals surface area contributed by atoms with E-state index in [4.69, 9.17) is 0 Å². The summed E-state index contributed by atoms with van der Waals surface area (Å²) < 4.78 is 0. The van der Waals surface area contributed by atoms with Crippen LogP contribution in [0.5, 0.6) is 0 Å². The summed E-state index contributed by atoms with van der Waals surface area (Å²) in [5.74, 6) is 0.913. The summed E-state index contributed by atoms with van der Waals surface area (Å²) in [4.78, 5) is 0. The molecule has 0 radical (unpaired) electrons. The van der Waals surface area contributed by atoms with Gasteiger partial charge in [0.2, 0.25) is 0 Å². The van der Waals surface area contributed by atoms with Crippen LogP contribution in [0.1, 0.15) is 65.7 Å². The molecule has 0 saturated heterocycles. The van der Waals surface area contributed by atoms with Gasteiger partial charge in [0, 0.05) is 0 Å². The summed E-state index contributed by atoms with van der Waals surface area (Å²) in [7, 11) is 0. The van der Waals surface area contributed by atoms with Gasteiger partial charge in [0.15, 0.2) is 0 Å². The molecule has 0 bridgehead atoms. The molecule has 0 heterocycles. The monoisotopic (exact) mass is 208 g/mol. The van der Waals surface area contributed by atoms with Crippen LogP contribution in [0.4, 0.5) is 0 Å². The molecule has 0 fully saturated rings. The summed E-state index contributed by atoms with van der Waals surface area (Å²) in [6.07, 6.45) is 8.81. The SMILES string of the molecule is C=C(C)CCC(=C)CCC(CC)CCC. The summed E-state index contributed by atoms with van der Waals surface area (Å²) in [5.41, 5.74) is 2.68. The van der Waals surface area contributed by atoms with Crippen molar-refractivity contribution in [3.63, 3.8) is 0 Å². The first-order valence-corrected chi connectivity index (χ1v) is 6.41. The van der Waals surface area contributed by atoms with Gasteiger partial charge in [-0.3, -0.25) is 0 Å². The van der Waals surface area contributed by atoms with Crippen LogP contribution in [0.3, 0.4) is 0 Å². The predicted octanol–water partition coefficient (Wildman–Crippen LogP) is 5.51. The molecule has 0 aliphatic heterocycles. The molecular formula is C15H28. The molecule has 0 amide bonds. The molecule has 0 heteroatoms. The van der Waals surface area contributed by atoms with Gasteiger partial charge in [-0.25, -0.2) is 0 Å². The van der Waals surface area contributed by atoms with Gasteiger partial charge < -0.3 is 0 Å². The fourth-order valence-corrected chi connectivity index (χ4v) is 1.88. The summed E-state index contributed by atoms with van der Waals surface area (Å²) in [6.45, 7) is 14.8. The Bertz CT molecular complexity index is 188. The second-order valence-corrected chi connectivity index (χ2v) is 4.81. The van der Waals surface area contributed by atoms with Crippen LogP contribution in [0, 0.1) is 5.92 Å². The van der Waals surface area contributed by atoms with Gasteiger partial charge in [0.1, 0.15) is 0 Å². The zero-order valence-electron chi connectivity index (χ0n) is 10.9. The van der Waals surface area contributed by atoms with Crippen molar-refractivity contribution >= 4 is 0 Å². The fourth-order valence-electron chi connectivity index (χ4n) is 1.88. The van der Waals surface area contributed by atoms with Crippen molar-refractivity contribution in [3.8, 4) is 0 Å². The van der Waals surface area contributed by atoms with E-state index in [9.17, 15) is 0 Å². The third-order valence-electron chi connectivity index (χ3n) is 3.09. The smallest absolute Gasteiger partial charge is 0.0286 e. The molecule has 0 aromatic carbocycles. The summed E-state index contributed by atoms with van der Waals surface area (Å²) in [5, 5.41) is 0. The lowest BCUT2D eigenvalue weighted by molar-refractivity contribution is 0.430. The lowest BCUT2D eigenvalue weighted by atomic mass is 9.92. The minimum absolute atomic E-state index is 0.913. The van der Waals surface area contributed by atoms with Gasteiger partial charge >= 0.3 is 0 Å². The van der Waals surface area contributed by atoms with Gasteiger partial charge in [-0.1, -0.05) is 50.8 Å². The van der Waals surface area contributed by atoms with Crippen molar-refractivity contribution in [1.82, 2.24) is 0 Å². The van der Waals surface area contributed by atoms with E-state index in [-0.39, 0.29) is 0 Å². The maximum atomic E-state index is 4.15. The van der Waals surface area contributed by atoms with Gasteiger partial charge in [0.05, 0.1) is 0 Å². The first-order valence-electron chi connectivity index (χ1n) is 6.41. The molecule has 1 unspecified atom stereocenters. The average molecular weight is 208 g/mol. The molecule has 0 rings (SSSR count). The Morgan fingerprint density at radius 3 is 2.13 bits per heavy atom. The van der Waals surface area contributed by atoms with Gasteiger partial charge in [-0.2, -0.15) is 0 Å². The highest BCUT2D eigenvalue weighted by Gasteiger charge is 2.05. The van der Waals surface area contributed by atoms with Crippen LogP contribution in [0.2, 0.25) is 0 Å². The fraction of sp³-hybridized carbons (Fsp3) is 0.733. The molecule has 0 aromatic heterocycles. The second-order valence-electron chi connectivity index (χ2n) is 4.81. The van der Waals surface area contributed by atoms with E-state index in [0.717, 1.165) is 18.8 Å². The largest absolute Gasteiger partial charge is 0.100 e. The lowest BCUT2D eigenvalue weighted by Crippen LogP contribution is -1.99. The maximum Gasteiger partial charge on any atom is -0.0286 e. The van der Waals surface area contributed by atoms with E-state index in [0.29, 0.717) is 0 Å². The van der Waals surface area contributed by atoms with Gasteiger partial charge in [0.25, 0.3) is 0 Å². The van der Waals surface area contributed by atoms with E-state index in [1.807, 2.05) is 0 Å². The van der Waals surface area contributed by atoms with Crippen LogP contribution >= 0.6 is 0 Å². The van der Waals surface area contributed by atoms with Crippen molar-refractivity contribution in [2.24, 2.45) is 5.92 Å². The van der Waals surface area contributed by atoms with E-state index in [1.165, 1.54) is 43.3 Å². The van der Waals surface area contributed by atoms with Gasteiger partial charge in [-0.05, 0) is 38.5 Å². The number of hydrogen-bond acceptors (Lipinski definition) is 0. The predicted molar refractivity (Wildman–Crippen MR) is 71.1 cm³/mol. The summed E-state index contributed by atoms with van der Waals surface area (Å²) in [6, 6.07) is 0. The minimum Gasteiger partial charge on any atom is -0.100 e. The van der Waals surface area contributed by atoms with Crippen LogP contribution in [-0.4, -0.2) is 0 Å². The Morgan fingerprint density at radius 1 is 1.00 bits per heavy atom. The highest BCUT2D eigenvalue weighted by molar-refractivity contribution is 5.00. The van der Waals surface area contributed by atoms with E-state index < -0.39 is 0 Å². The molecule has 1 atom stereocenters. The van der Waals surface area contributed by atoms with Crippen molar-refractivity contribution in [2.75, 3.05) is 0 Å². The molecule has 0 spiro atoms. The van der Waals surface area contributed by atoms with Crippen LogP contribution in [0.25, 0.3) is 0 Å². The second kappa shape index (κ2) is 8.76. The normalized spacial score (nSPS) is 12.5. The Kier molecular flexibility index (Phi) is 8.46. The van der Waals surface area contributed by atoms with E-state index in [2.05, 4.69) is 33.9 Å². The minimum atomic E-state index is 0.913. The Labute approximate surface area is 96.5 Å². The van der Waals surface area contributed by atoms with E-state index >= 15 is 0 Å². The first kappa shape index (κ1) is 14.5. The first-order chi connectivity index (χ1) is 7.10. The van der Waals surface area contributed by atoms with Crippen LogP contribution in [-0.2, 0) is 0 Å². The average Bonchev–Trinajstić information content (AvgIpc) is 2.21. The molecule has 0 aromatic rings. The van der Waals surface area contributed by atoms with Crippen molar-refractivity contribution in [2.45, 2.75) is 65.7 Å². The standard InChI is InChI=1S/C15H28/c1-6-8-15(7-2)12-11-14(5)10-9-13(3)4/h15H,3,5-12H2,1-2,4H3. The third-order valence-corrected chi connectivity index (χ3v) is 3.09. The Balaban J connectivity index is 3.63. The van der Waals surface area contributed by atoms with E-state index in [1.54, 1.807) is 0 Å². The van der Waals surface area contributed by atoms with Crippen LogP contribution in [0.15, 0.2) is 24.3 Å². The molecule has 88 valence electrons. The molecule has 0 N–H and O–H groups in total. The number of rotatable bonds is 9. The Morgan fingerprint density at radius 2 is 1.67 bits per heavy atom. The number of hydrogen-bond donors (Lipinski definition) is 0. The molecule has 15 heavy (non-hydrogen) atoms. The topological polar surface area (TPSA) is 0 Å². The van der Waals surface area contributed by atoms with Crippen LogP contribution < -0.4 is 0 Å². The highest BCUT2D eigenvalue weighted by atomic mass is 14.1. The van der Waals surface area contributed by atoms with Crippen molar-refractivity contribution in [1.29, 1.82) is 0 Å². The molecule has 0 aliphatic carbocycles. The van der Waals surface area contributed by atoms with Crippen molar-refractivity contribution in [3.05, 3.63) is 24.3 Å². The van der Waals surface area contributed by atoms with Gasteiger partial charge in [-0.15, -0.1) is 6.58 Å². The third kappa shape index (κ3) is 8.47. The number of allylic oxidation sites excluding steroid dienone is 2. The molecule has 0 nitrogen and oxygen atoms in total.